The second-order valence-corrected chi connectivity index (χ2v) is 5.59. The molecule has 0 saturated carbocycles. The summed E-state index contributed by atoms with van der Waals surface area (Å²) in [6.45, 7) is 0. The minimum atomic E-state index is -5.61. The average Bonchev–Trinajstić information content (AvgIpc) is 1.81. The molecule has 10 heteroatoms. The van der Waals surface area contributed by atoms with Gasteiger partial charge in [0.2, 0.25) is 0 Å². The van der Waals surface area contributed by atoms with E-state index in [-0.39, 0.29) is 22.6 Å². The number of halogens is 10. The summed E-state index contributed by atoms with van der Waals surface area (Å²) >= 11 is 2.41. The zero-order chi connectivity index (χ0) is 12.0. The summed E-state index contributed by atoms with van der Waals surface area (Å²) in [4.78, 5) is -5.09. The smallest absolute Gasteiger partial charge is 0.216 e. The molecule has 0 fully saturated rings. The van der Waals surface area contributed by atoms with Gasteiger partial charge in [0, 0.05) is 22.6 Å². The largest absolute Gasteiger partial charge is 0.370 e. The van der Waals surface area contributed by atoms with Crippen molar-refractivity contribution in [3.05, 3.63) is 0 Å². The first-order valence-corrected chi connectivity index (χ1v) is 5.30. The normalized spacial score (nSPS) is 19.3. The Morgan fingerprint density at radius 1 is 0.786 bits per heavy atom. The third kappa shape index (κ3) is 2.47. The van der Waals surface area contributed by atoms with Gasteiger partial charge in [-0.3, -0.25) is 0 Å². The van der Waals surface area contributed by atoms with Crippen LogP contribution in [0.2, 0.25) is 0 Å². The second-order valence-electron chi connectivity index (χ2n) is 2.14. The molecule has 0 aromatic carbocycles. The minimum absolute atomic E-state index is 0.00477. The molecule has 0 aliphatic rings. The van der Waals surface area contributed by atoms with Gasteiger partial charge in [0.25, 0.3) is 0 Å². The van der Waals surface area contributed by atoms with Crippen LogP contribution in [0.5, 0.6) is 0 Å². The van der Waals surface area contributed by atoms with Crippen LogP contribution in [-0.4, -0.2) is 19.3 Å². The van der Waals surface area contributed by atoms with Crippen LogP contribution in [0.15, 0.2) is 0 Å². The lowest BCUT2D eigenvalue weighted by Gasteiger charge is -2.33. The Labute approximate surface area is 104 Å². The SMILES string of the molecule is FC(F)(Br)C(F)(F)C(F)(Br)C(F)(F)I. The Hall–Kier alpha value is 1.20. The molecule has 0 rings (SSSR count). The molecule has 0 radical (unpaired) electrons. The molecule has 0 heterocycles. The van der Waals surface area contributed by atoms with Crippen molar-refractivity contribution in [3.63, 3.8) is 0 Å². The molecule has 0 saturated heterocycles. The maximum Gasteiger partial charge on any atom is 0.370 e. The standard InChI is InChI=1S/C4Br2F7I/c5-1(7,4(12,13)14)2(8,9)3(6,10)11. The summed E-state index contributed by atoms with van der Waals surface area (Å²) in [6, 6.07) is 0. The van der Waals surface area contributed by atoms with Crippen molar-refractivity contribution in [1.82, 2.24) is 0 Å². The number of alkyl halides is 10. The van der Waals surface area contributed by atoms with Gasteiger partial charge in [-0.1, -0.05) is 0 Å². The zero-order valence-electron chi connectivity index (χ0n) is 5.78. The molecule has 0 nitrogen and oxygen atoms in total. The quantitative estimate of drug-likeness (QED) is 0.321. The molecule has 86 valence electrons. The molecule has 0 spiro atoms. The highest BCUT2D eigenvalue weighted by molar-refractivity contribution is 14.1. The molecule has 0 aromatic heterocycles. The van der Waals surface area contributed by atoms with Gasteiger partial charge in [-0.05, 0) is 31.9 Å². The highest BCUT2D eigenvalue weighted by Crippen LogP contribution is 2.58. The second kappa shape index (κ2) is 3.90. The van der Waals surface area contributed by atoms with Crippen LogP contribution in [0.1, 0.15) is 0 Å². The third-order valence-corrected chi connectivity index (χ3v) is 4.08. The van der Waals surface area contributed by atoms with Crippen LogP contribution in [0.25, 0.3) is 0 Å². The lowest BCUT2D eigenvalue weighted by Crippen LogP contribution is -2.57. The summed E-state index contributed by atoms with van der Waals surface area (Å²) in [5.41, 5.74) is 0. The topological polar surface area (TPSA) is 0 Å². The molecule has 1 unspecified atom stereocenters. The maximum atomic E-state index is 12.8. The average molecular weight is 468 g/mol. The number of rotatable bonds is 3. The fourth-order valence-electron chi connectivity index (χ4n) is 0.356. The van der Waals surface area contributed by atoms with Crippen LogP contribution in [0.3, 0.4) is 0 Å². The van der Waals surface area contributed by atoms with E-state index in [0.29, 0.717) is 0 Å². The summed E-state index contributed by atoms with van der Waals surface area (Å²) in [6.07, 6.45) is 0. The Bertz CT molecular complexity index is 193. The van der Waals surface area contributed by atoms with Crippen molar-refractivity contribution >= 4 is 54.5 Å². The van der Waals surface area contributed by atoms with Crippen molar-refractivity contribution in [2.75, 3.05) is 0 Å². The predicted molar refractivity (Wildman–Crippen MR) is 50.6 cm³/mol. The monoisotopic (exact) mass is 466 g/mol. The van der Waals surface area contributed by atoms with Crippen LogP contribution < -0.4 is 0 Å². The minimum Gasteiger partial charge on any atom is -0.216 e. The number of hydrogen-bond acceptors (Lipinski definition) is 0. The Morgan fingerprint density at radius 2 is 1.07 bits per heavy atom. The first-order valence-electron chi connectivity index (χ1n) is 2.64. The lowest BCUT2D eigenvalue weighted by molar-refractivity contribution is -0.227. The van der Waals surface area contributed by atoms with Crippen LogP contribution in [0.4, 0.5) is 30.7 Å². The molecule has 1 atom stereocenters. The Balaban J connectivity index is 5.30. The van der Waals surface area contributed by atoms with E-state index in [9.17, 15) is 30.7 Å². The van der Waals surface area contributed by atoms with E-state index >= 15 is 0 Å². The van der Waals surface area contributed by atoms with Gasteiger partial charge in [-0.2, -0.15) is 26.3 Å². The van der Waals surface area contributed by atoms with E-state index in [2.05, 4.69) is 0 Å². The molecule has 14 heavy (non-hydrogen) atoms. The molecule has 0 N–H and O–H groups in total. The van der Waals surface area contributed by atoms with Crippen molar-refractivity contribution < 1.29 is 30.7 Å². The van der Waals surface area contributed by atoms with E-state index < -0.39 is 19.3 Å². The highest BCUT2D eigenvalue weighted by Gasteiger charge is 2.77. The van der Waals surface area contributed by atoms with Gasteiger partial charge < -0.3 is 0 Å². The van der Waals surface area contributed by atoms with Crippen molar-refractivity contribution in [3.8, 4) is 0 Å². The van der Waals surface area contributed by atoms with Gasteiger partial charge in [-0.25, -0.2) is 4.39 Å². The van der Waals surface area contributed by atoms with E-state index in [0.717, 1.165) is 15.9 Å². The van der Waals surface area contributed by atoms with E-state index in [1.165, 1.54) is 15.9 Å². The Kier molecular flexibility index (Phi) is 4.23. The van der Waals surface area contributed by atoms with Crippen LogP contribution >= 0.6 is 54.5 Å². The molecular weight excluding hydrogens is 468 g/mol. The molecule has 0 bridgehead atoms. The molecule has 0 aliphatic carbocycles. The van der Waals surface area contributed by atoms with E-state index in [4.69, 9.17) is 0 Å². The summed E-state index contributed by atoms with van der Waals surface area (Å²) in [5.74, 6) is -5.61. The Morgan fingerprint density at radius 3 is 1.14 bits per heavy atom. The summed E-state index contributed by atoms with van der Waals surface area (Å²) in [5, 5.41) is 0. The summed E-state index contributed by atoms with van der Waals surface area (Å²) in [7, 11) is 0. The fraction of sp³-hybridized carbons (Fsp3) is 1.00. The fourth-order valence-corrected chi connectivity index (χ4v) is 1.48. The predicted octanol–water partition coefficient (Wildman–Crippen LogP) is 4.70. The van der Waals surface area contributed by atoms with Crippen LogP contribution in [-0.2, 0) is 0 Å². The van der Waals surface area contributed by atoms with E-state index in [1.54, 1.807) is 0 Å². The van der Waals surface area contributed by atoms with Crippen LogP contribution in [0, 0.1) is 0 Å². The van der Waals surface area contributed by atoms with E-state index in [1.807, 2.05) is 0 Å². The van der Waals surface area contributed by atoms with Gasteiger partial charge in [0.05, 0.1) is 0 Å². The van der Waals surface area contributed by atoms with Crippen molar-refractivity contribution in [2.45, 2.75) is 19.3 Å². The molecule has 0 aliphatic heterocycles. The first kappa shape index (κ1) is 15.2. The molecule has 0 aromatic rings. The molecular formula is C4Br2F7I. The van der Waals surface area contributed by atoms with Crippen molar-refractivity contribution in [1.29, 1.82) is 0 Å². The van der Waals surface area contributed by atoms with Gasteiger partial charge in [0.1, 0.15) is 0 Å². The van der Waals surface area contributed by atoms with Crippen molar-refractivity contribution in [2.24, 2.45) is 0 Å². The highest BCUT2D eigenvalue weighted by atomic mass is 127. The maximum absolute atomic E-state index is 12.8. The third-order valence-electron chi connectivity index (χ3n) is 1.11. The van der Waals surface area contributed by atoms with Gasteiger partial charge in [-0.15, -0.1) is 0 Å². The number of hydrogen-bond donors (Lipinski definition) is 0. The lowest BCUT2D eigenvalue weighted by atomic mass is 10.2. The summed E-state index contributed by atoms with van der Waals surface area (Å²) < 4.78 is 76.9. The van der Waals surface area contributed by atoms with Gasteiger partial charge >= 0.3 is 19.3 Å². The van der Waals surface area contributed by atoms with Gasteiger partial charge in [0.15, 0.2) is 0 Å². The molecule has 0 amide bonds. The zero-order valence-corrected chi connectivity index (χ0v) is 11.1. The first-order chi connectivity index (χ1) is 5.75.